The van der Waals surface area contributed by atoms with E-state index in [1.165, 1.54) is 180 Å². The number of esters is 4. The van der Waals surface area contributed by atoms with Crippen LogP contribution in [0.15, 0.2) is 24.3 Å². The number of phosphoric acid groups is 2. The molecular formula is C78H148O17P2. The van der Waals surface area contributed by atoms with Crippen molar-refractivity contribution in [3.63, 3.8) is 0 Å². The van der Waals surface area contributed by atoms with Crippen molar-refractivity contribution >= 4 is 39.5 Å². The molecule has 17 nitrogen and oxygen atoms in total. The van der Waals surface area contributed by atoms with Gasteiger partial charge in [0.05, 0.1) is 26.4 Å². The second-order valence-corrected chi connectivity index (χ2v) is 31.3. The molecule has 0 fully saturated rings. The Morgan fingerprint density at radius 2 is 0.557 bits per heavy atom. The highest BCUT2D eigenvalue weighted by atomic mass is 31.2. The number of aliphatic hydroxyl groups is 1. The van der Waals surface area contributed by atoms with Crippen molar-refractivity contribution in [2.75, 3.05) is 39.6 Å². The average Bonchev–Trinajstić information content (AvgIpc) is 1.07. The first-order valence-corrected chi connectivity index (χ1v) is 42.8. The quantitative estimate of drug-likeness (QED) is 0.0169. The van der Waals surface area contributed by atoms with Crippen LogP contribution in [0.1, 0.15) is 382 Å². The Morgan fingerprint density at radius 3 is 0.845 bits per heavy atom. The zero-order valence-corrected chi connectivity index (χ0v) is 64.7. The Morgan fingerprint density at radius 1 is 0.320 bits per heavy atom. The van der Waals surface area contributed by atoms with Crippen molar-refractivity contribution in [1.29, 1.82) is 0 Å². The Bertz CT molecular complexity index is 1970. The minimum Gasteiger partial charge on any atom is -0.462 e. The summed E-state index contributed by atoms with van der Waals surface area (Å²) in [4.78, 5) is 72.9. The van der Waals surface area contributed by atoms with E-state index in [0.717, 1.165) is 121 Å². The third-order valence-corrected chi connectivity index (χ3v) is 19.5. The molecule has 19 heteroatoms. The van der Waals surface area contributed by atoms with Gasteiger partial charge in [-0.1, -0.05) is 329 Å². The average molecular weight is 1420 g/mol. The van der Waals surface area contributed by atoms with Gasteiger partial charge in [0.1, 0.15) is 19.3 Å². The summed E-state index contributed by atoms with van der Waals surface area (Å²) >= 11 is 0. The van der Waals surface area contributed by atoms with E-state index >= 15 is 0 Å². The number of allylic oxidation sites excluding steroid dienone is 4. The molecule has 0 aliphatic rings. The van der Waals surface area contributed by atoms with E-state index in [9.17, 15) is 43.2 Å². The molecule has 0 spiro atoms. The Hall–Kier alpha value is -2.46. The SMILES string of the molecule is CCCCCC/C=C\C=C/CCCCCCCC(=O)OC[C@H](COP(=O)(O)OC[C@@H](O)COP(=O)(O)OC[C@@H](COC(=O)CCCCCCCCCCCC)OC(=O)CCCCCCCCCCCCCC(C)C)OC(=O)CCCCCCCCCCCCCCCCCC(C)C. The van der Waals surface area contributed by atoms with Crippen molar-refractivity contribution in [3.05, 3.63) is 24.3 Å². The number of phosphoric ester groups is 2. The van der Waals surface area contributed by atoms with Crippen molar-refractivity contribution in [3.8, 4) is 0 Å². The highest BCUT2D eigenvalue weighted by molar-refractivity contribution is 7.47. The third kappa shape index (κ3) is 71.7. The number of hydrogen-bond acceptors (Lipinski definition) is 15. The first-order valence-electron chi connectivity index (χ1n) is 39.8. The lowest BCUT2D eigenvalue weighted by molar-refractivity contribution is -0.161. The Labute approximate surface area is 592 Å². The van der Waals surface area contributed by atoms with E-state index < -0.39 is 97.5 Å². The van der Waals surface area contributed by atoms with Crippen molar-refractivity contribution in [2.24, 2.45) is 11.8 Å². The highest BCUT2D eigenvalue weighted by Gasteiger charge is 2.30. The van der Waals surface area contributed by atoms with Crippen molar-refractivity contribution in [1.82, 2.24) is 0 Å². The van der Waals surface area contributed by atoms with E-state index in [1.54, 1.807) is 0 Å². The Kier molecular flexibility index (Phi) is 67.5. The number of carbonyl (C=O) groups is 4. The van der Waals surface area contributed by atoms with Gasteiger partial charge in [-0.05, 0) is 63.2 Å². The largest absolute Gasteiger partial charge is 0.472 e. The van der Waals surface area contributed by atoms with Gasteiger partial charge in [0.25, 0.3) is 0 Å². The molecule has 97 heavy (non-hydrogen) atoms. The summed E-state index contributed by atoms with van der Waals surface area (Å²) in [6.07, 6.45) is 60.4. The summed E-state index contributed by atoms with van der Waals surface area (Å²) in [6.45, 7) is 9.56. The van der Waals surface area contributed by atoms with Gasteiger partial charge < -0.3 is 33.8 Å². The van der Waals surface area contributed by atoms with Crippen LogP contribution in [0.2, 0.25) is 0 Å². The molecule has 572 valence electrons. The monoisotopic (exact) mass is 1420 g/mol. The molecule has 0 bridgehead atoms. The number of hydrogen-bond donors (Lipinski definition) is 3. The normalized spacial score (nSPS) is 14.1. The van der Waals surface area contributed by atoms with Crippen LogP contribution < -0.4 is 0 Å². The van der Waals surface area contributed by atoms with Crippen LogP contribution in [0.5, 0.6) is 0 Å². The molecule has 0 radical (unpaired) electrons. The molecule has 0 heterocycles. The number of carbonyl (C=O) groups excluding carboxylic acids is 4. The van der Waals surface area contributed by atoms with Crippen LogP contribution in [-0.2, 0) is 65.4 Å². The fourth-order valence-electron chi connectivity index (χ4n) is 11.5. The molecule has 0 amide bonds. The molecule has 0 saturated carbocycles. The van der Waals surface area contributed by atoms with Gasteiger partial charge in [0.2, 0.25) is 0 Å². The van der Waals surface area contributed by atoms with Crippen molar-refractivity contribution in [2.45, 2.75) is 400 Å². The van der Waals surface area contributed by atoms with Crippen LogP contribution in [0.25, 0.3) is 0 Å². The van der Waals surface area contributed by atoms with Crippen LogP contribution in [0.4, 0.5) is 0 Å². The number of aliphatic hydroxyl groups excluding tert-OH is 1. The minimum absolute atomic E-state index is 0.101. The third-order valence-electron chi connectivity index (χ3n) is 17.6. The molecule has 0 aromatic carbocycles. The van der Waals surface area contributed by atoms with Gasteiger partial charge in [-0.25, -0.2) is 9.13 Å². The summed E-state index contributed by atoms with van der Waals surface area (Å²) in [6, 6.07) is 0. The second-order valence-electron chi connectivity index (χ2n) is 28.4. The van der Waals surface area contributed by atoms with Crippen LogP contribution in [0, 0.1) is 11.8 Å². The van der Waals surface area contributed by atoms with Gasteiger partial charge in [-0.15, -0.1) is 0 Å². The number of ether oxygens (including phenoxy) is 4. The van der Waals surface area contributed by atoms with Crippen molar-refractivity contribution < 1.29 is 80.2 Å². The van der Waals surface area contributed by atoms with Gasteiger partial charge in [0.15, 0.2) is 12.2 Å². The minimum atomic E-state index is -4.97. The van der Waals surface area contributed by atoms with E-state index in [0.29, 0.717) is 25.7 Å². The molecule has 0 aromatic rings. The highest BCUT2D eigenvalue weighted by Crippen LogP contribution is 2.45. The zero-order chi connectivity index (χ0) is 71.4. The van der Waals surface area contributed by atoms with Gasteiger partial charge >= 0.3 is 39.5 Å². The molecule has 0 aromatic heterocycles. The summed E-state index contributed by atoms with van der Waals surface area (Å²) in [5, 5.41) is 10.6. The van der Waals surface area contributed by atoms with Gasteiger partial charge in [-0.3, -0.25) is 37.3 Å². The van der Waals surface area contributed by atoms with E-state index in [1.807, 2.05) is 0 Å². The summed E-state index contributed by atoms with van der Waals surface area (Å²) < 4.78 is 68.5. The molecule has 0 saturated heterocycles. The summed E-state index contributed by atoms with van der Waals surface area (Å²) in [5.41, 5.74) is 0. The van der Waals surface area contributed by atoms with Gasteiger partial charge in [-0.2, -0.15) is 0 Å². The maximum atomic E-state index is 13.1. The number of rotatable bonds is 75. The maximum absolute atomic E-state index is 13.1. The van der Waals surface area contributed by atoms with Crippen LogP contribution in [-0.4, -0.2) is 96.7 Å². The summed E-state index contributed by atoms with van der Waals surface area (Å²) in [7, 11) is -9.93. The fraction of sp³-hybridized carbons (Fsp3) is 0.897. The molecule has 0 aliphatic heterocycles. The standard InChI is InChI=1S/C78H148O17P2/c1-7-9-11-13-15-17-19-20-22-26-31-37-43-49-55-61-76(81)89-67-74(94-77(82)62-56-50-44-38-32-27-24-21-23-25-29-34-40-46-52-58-70(3)4)69-93-97(86,87)91-65-72(79)64-90-96(84,85)92-68-73(66-88-75(80)60-54-48-42-36-18-16-14-12-10-8-2)95-78(83)63-57-51-45-39-33-28-30-35-41-47-53-59-71(5)6/h17,19-20,22,70-74,79H,7-16,18,21,23-69H2,1-6H3,(H,84,85)(H,86,87)/b19-17-,22-20-/t72-,73+,74+/m0/s1. The summed E-state index contributed by atoms with van der Waals surface area (Å²) in [5.74, 6) is -0.578. The predicted molar refractivity (Wildman–Crippen MR) is 395 cm³/mol. The molecular weight excluding hydrogens is 1270 g/mol. The number of unbranched alkanes of at least 4 members (excludes halogenated alkanes) is 42. The van der Waals surface area contributed by atoms with Gasteiger partial charge in [0, 0.05) is 25.7 Å². The topological polar surface area (TPSA) is 237 Å². The lowest BCUT2D eigenvalue weighted by Gasteiger charge is -2.21. The molecule has 0 rings (SSSR count). The lowest BCUT2D eigenvalue weighted by atomic mass is 10.0. The predicted octanol–water partition coefficient (Wildman–Crippen LogP) is 22.7. The van der Waals surface area contributed by atoms with E-state index in [2.05, 4.69) is 65.8 Å². The van der Waals surface area contributed by atoms with Crippen LogP contribution in [0.3, 0.4) is 0 Å². The fourth-order valence-corrected chi connectivity index (χ4v) is 13.0. The van der Waals surface area contributed by atoms with E-state index in [4.69, 9.17) is 37.0 Å². The maximum Gasteiger partial charge on any atom is 0.472 e. The molecule has 5 atom stereocenters. The first-order chi connectivity index (χ1) is 46.9. The van der Waals surface area contributed by atoms with E-state index in [-0.39, 0.29) is 25.7 Å². The zero-order valence-electron chi connectivity index (χ0n) is 62.9. The molecule has 2 unspecified atom stereocenters. The first kappa shape index (κ1) is 94.5. The lowest BCUT2D eigenvalue weighted by Crippen LogP contribution is -2.30. The van der Waals surface area contributed by atoms with Crippen LogP contribution >= 0.6 is 15.6 Å². The molecule has 3 N–H and O–H groups in total. The smallest absolute Gasteiger partial charge is 0.462 e. The second kappa shape index (κ2) is 69.3. The molecule has 0 aliphatic carbocycles. The Balaban J connectivity index is 5.28.